The topological polar surface area (TPSA) is 442 Å². The zero-order chi connectivity index (χ0) is 80.3. The predicted molar refractivity (Wildman–Crippen MR) is 472 cm³/mol. The first-order valence-electron chi connectivity index (χ1n) is 34.5. The van der Waals surface area contributed by atoms with Gasteiger partial charge in [0.25, 0.3) is 22.9 Å². The molecule has 4 amide bonds. The molecule has 0 spiro atoms. The summed E-state index contributed by atoms with van der Waals surface area (Å²) in [6, 6.07) is 22.5. The molecule has 0 fully saturated rings. The lowest BCUT2D eigenvalue weighted by atomic mass is 10.2. The molecular formula is C82H124Cl4N18O11. The van der Waals surface area contributed by atoms with Gasteiger partial charge in [0.15, 0.2) is 0 Å². The Kier molecular flexibility index (Phi) is 82.2. The summed E-state index contributed by atoms with van der Waals surface area (Å²) < 4.78 is 18.2. The predicted octanol–water partition coefficient (Wildman–Crippen LogP) is 13.7. The lowest BCUT2D eigenvalue weighted by Crippen LogP contribution is -2.33. The molecule has 5 aromatic rings. The van der Waals surface area contributed by atoms with Crippen LogP contribution in [0.3, 0.4) is 0 Å². The number of halogens is 4. The van der Waals surface area contributed by atoms with Gasteiger partial charge in [0.1, 0.15) is 22.3 Å². The van der Waals surface area contributed by atoms with Crippen molar-refractivity contribution in [1.82, 2.24) is 40.4 Å². The molecule has 636 valence electrons. The summed E-state index contributed by atoms with van der Waals surface area (Å²) in [5.41, 5.74) is 31.6. The van der Waals surface area contributed by atoms with Crippen LogP contribution in [0.5, 0.6) is 5.88 Å². The second-order valence-corrected chi connectivity index (χ2v) is 24.4. The van der Waals surface area contributed by atoms with Crippen molar-refractivity contribution in [3.05, 3.63) is 171 Å². The maximum absolute atomic E-state index is 12.7. The summed E-state index contributed by atoms with van der Waals surface area (Å²) in [7, 11) is 1.55. The molecule has 0 unspecified atom stereocenters. The van der Waals surface area contributed by atoms with Crippen LogP contribution in [-0.4, -0.2) is 150 Å². The Morgan fingerprint density at radius 2 is 0.843 bits per heavy atom. The number of carbonyl (C=O) groups excluding carboxylic acids is 4. The lowest BCUT2D eigenvalue weighted by Gasteiger charge is -2.19. The Morgan fingerprint density at radius 3 is 1.17 bits per heavy atom. The average molecular weight is 1680 g/mol. The first kappa shape index (κ1) is 120. The Hall–Kier alpha value is -10.6. The van der Waals surface area contributed by atoms with Crippen LogP contribution in [0.15, 0.2) is 117 Å². The van der Waals surface area contributed by atoms with Crippen molar-refractivity contribution in [3.63, 3.8) is 0 Å². The molecule has 33 heteroatoms. The fraction of sp³-hybridized carbons (Fsp3) is 0.488. The number of rotatable bonds is 27. The van der Waals surface area contributed by atoms with E-state index in [2.05, 4.69) is 128 Å². The van der Waals surface area contributed by atoms with Gasteiger partial charge in [-0.1, -0.05) is 94.8 Å². The summed E-state index contributed by atoms with van der Waals surface area (Å²) in [5, 5.41) is 38.0. The molecule has 13 N–H and O–H groups in total. The maximum atomic E-state index is 12.7. The van der Waals surface area contributed by atoms with Crippen molar-refractivity contribution in [3.8, 4) is 76.9 Å². The van der Waals surface area contributed by atoms with E-state index in [1.807, 2.05) is 45.0 Å². The molecule has 3 aromatic heterocycles. The summed E-state index contributed by atoms with van der Waals surface area (Å²) in [6.07, 6.45) is 11.0. The first-order valence-corrected chi connectivity index (χ1v) is 35.2. The number of nitrogens with two attached hydrogens (primary N) is 3. The van der Waals surface area contributed by atoms with Crippen LogP contribution in [0.2, 0.25) is 10.0 Å². The van der Waals surface area contributed by atoms with E-state index >= 15 is 0 Å². The van der Waals surface area contributed by atoms with E-state index in [-0.39, 0.29) is 97.4 Å². The van der Waals surface area contributed by atoms with E-state index in [1.54, 1.807) is 88.9 Å². The number of aliphatic hydroxyl groups is 2. The van der Waals surface area contributed by atoms with Crippen molar-refractivity contribution >= 4 is 78.0 Å². The number of amides is 4. The molecule has 0 saturated heterocycles. The lowest BCUT2D eigenvalue weighted by molar-refractivity contribution is 0.0517. The summed E-state index contributed by atoms with van der Waals surface area (Å²) in [5.74, 6) is 34.4. The molecule has 0 saturated carbocycles. The van der Waals surface area contributed by atoms with Crippen LogP contribution >= 0.6 is 48.0 Å². The third kappa shape index (κ3) is 68.7. The van der Waals surface area contributed by atoms with Crippen LogP contribution < -0.4 is 59.6 Å². The second kappa shape index (κ2) is 78.7. The van der Waals surface area contributed by atoms with E-state index in [1.165, 1.54) is 21.3 Å². The summed E-state index contributed by atoms with van der Waals surface area (Å²) >= 11 is 12.0. The van der Waals surface area contributed by atoms with Crippen molar-refractivity contribution in [2.45, 2.75) is 180 Å². The fourth-order valence-corrected chi connectivity index (χ4v) is 7.98. The molecule has 29 nitrogen and oxygen atoms in total. The quantitative estimate of drug-likeness (QED) is 0.00767. The number of carbonyl (C=O) groups is 4. The standard InChI is InChI=1S/C24H24ClN5O3.C24H28ClN3O4.C11H20N2O2.C6H8N6.C6H12N2.C6H10O2.5CH4.2ClH/c1-33-21-11-14-28-24(29-21)27-13-5-3-2-4-12-26-22(31)20-10-7-15-30(23(20)32)17-18-8-6-9-19(25)16-18;1-24(2,3)32-23(31)27-14-7-5-4-6-13-26-21(29)20-12-9-15-28(22(20)30)17-18-10-8-11-19(25)16-18;1-11(2,3)15-10(14)13-9-7-5-4-6-8-12;7-11-9-5-3-1-2-4-6-10-12-8;2*7-5-3-1-2-4-6-8;;;;;;;/h6-11,14-16H,4-5,12-13,17H2,1H3,(H,26,31)(H,27,28,29);8-12,15-16H,6-7,13-14,17H2,1-3H3,(H,26,29)(H,27,31);6-9,12H2,1-3H3,(H,13,14);3-6H2;3-8H2;7-8H,3-6H2;5*1H4;2*1H. The molecule has 0 aliphatic carbocycles. The molecule has 0 aliphatic rings. The molecular weight excluding hydrogens is 1550 g/mol. The summed E-state index contributed by atoms with van der Waals surface area (Å²) in [4.78, 5) is 86.2. The van der Waals surface area contributed by atoms with E-state index in [0.717, 1.165) is 24.0 Å². The minimum Gasteiger partial charge on any atom is -0.481 e. The number of anilines is 1. The number of nitrogens with zero attached hydrogens (tertiary/aromatic N) is 10. The van der Waals surface area contributed by atoms with Crippen molar-refractivity contribution in [2.75, 3.05) is 91.1 Å². The van der Waals surface area contributed by atoms with Crippen molar-refractivity contribution in [2.24, 2.45) is 27.4 Å². The molecule has 0 aliphatic heterocycles. The monoisotopic (exact) mass is 1680 g/mol. The van der Waals surface area contributed by atoms with Crippen LogP contribution in [0, 0.1) is 71.0 Å². The molecule has 0 radical (unpaired) electrons. The minimum absolute atomic E-state index is 0. The molecule has 5 rings (SSSR count). The SMILES string of the molecule is C.C.C.C.C.CC(C)(C)OC(=O)NCCC#CCCN.CC(C)(C)OC(=O)NCCC#CCCNC(=O)c1cccn(Cc2cccc(Cl)c2)c1=O.COc1ccnc(NCCC#CCCNC(=O)c2cccn(Cc3cccc(Cl)c3)c2=O)n1.Cl.Cl.NCCC#CCCN.OCCC#CCCO.[N-]=[N+]=NCCC#CCCN=[N+]=[N-]. The number of benzene rings is 2. The van der Waals surface area contributed by atoms with Gasteiger partial charge < -0.3 is 77.3 Å². The highest BCUT2D eigenvalue weighted by molar-refractivity contribution is 6.30. The van der Waals surface area contributed by atoms with Gasteiger partial charge in [-0.3, -0.25) is 19.2 Å². The van der Waals surface area contributed by atoms with Crippen LogP contribution in [0.1, 0.15) is 188 Å². The van der Waals surface area contributed by atoms with Gasteiger partial charge in [-0.15, -0.1) is 95.9 Å². The minimum atomic E-state index is -0.536. The zero-order valence-corrected chi connectivity index (χ0v) is 66.6. The van der Waals surface area contributed by atoms with Gasteiger partial charge >= 0.3 is 12.2 Å². The molecule has 115 heavy (non-hydrogen) atoms. The van der Waals surface area contributed by atoms with Crippen molar-refractivity contribution in [1.29, 1.82) is 0 Å². The largest absolute Gasteiger partial charge is 0.481 e. The number of pyridine rings is 2. The second-order valence-electron chi connectivity index (χ2n) is 23.5. The third-order valence-electron chi connectivity index (χ3n) is 12.1. The van der Waals surface area contributed by atoms with Gasteiger partial charge in [0.05, 0.1) is 33.4 Å². The highest BCUT2D eigenvalue weighted by atomic mass is 35.5. The Balaban J connectivity index is -0.000000214. The number of azide groups is 2. The van der Waals surface area contributed by atoms with Gasteiger partial charge in [-0.2, -0.15) is 4.98 Å². The van der Waals surface area contributed by atoms with E-state index < -0.39 is 35.2 Å². The van der Waals surface area contributed by atoms with Crippen LogP contribution in [-0.2, 0) is 22.6 Å². The highest BCUT2D eigenvalue weighted by Crippen LogP contribution is 2.14. The maximum Gasteiger partial charge on any atom is 0.407 e. The van der Waals surface area contributed by atoms with Crippen LogP contribution in [0.25, 0.3) is 20.9 Å². The zero-order valence-electron chi connectivity index (χ0n) is 63.5. The number of hydrogen-bond acceptors (Lipinski definition) is 19. The van der Waals surface area contributed by atoms with Gasteiger partial charge in [0, 0.05) is 187 Å². The Labute approximate surface area is 704 Å². The first-order chi connectivity index (χ1) is 51.9. The molecule has 2 aromatic carbocycles. The number of alkyl carbamates (subject to hydrolysis) is 2. The van der Waals surface area contributed by atoms with E-state index in [0.29, 0.717) is 165 Å². The number of aromatic nitrogens is 4. The number of ether oxygens (including phenoxy) is 3. The number of nitrogens with one attached hydrogen (secondary N) is 5. The van der Waals surface area contributed by atoms with Gasteiger partial charge in [-0.05, 0) is 112 Å². The van der Waals surface area contributed by atoms with Gasteiger partial charge in [0.2, 0.25) is 11.8 Å². The third-order valence-corrected chi connectivity index (χ3v) is 12.6. The molecule has 0 atom stereocenters. The average Bonchev–Trinajstić information content (AvgIpc) is 0.837. The number of methoxy groups -OCH3 is 1. The number of hydrogen-bond donors (Lipinski definition) is 10. The summed E-state index contributed by atoms with van der Waals surface area (Å²) in [6.45, 7) is 16.5. The number of aliphatic hydroxyl groups excluding tert-OH is 2. The highest BCUT2D eigenvalue weighted by Gasteiger charge is 2.17. The fourth-order valence-electron chi connectivity index (χ4n) is 7.55. The van der Waals surface area contributed by atoms with Gasteiger partial charge in [-0.25, -0.2) is 14.6 Å². The Bertz CT molecular complexity index is 4060. The normalized spacial score (nSPS) is 8.99. The van der Waals surface area contributed by atoms with E-state index in [9.17, 15) is 28.8 Å². The smallest absolute Gasteiger partial charge is 0.407 e. The molecule has 0 bridgehead atoms. The van der Waals surface area contributed by atoms with E-state index in [4.69, 9.17) is 75.9 Å². The van der Waals surface area contributed by atoms with Crippen molar-refractivity contribution < 1.29 is 43.6 Å². The van der Waals surface area contributed by atoms with Crippen LogP contribution in [0.4, 0.5) is 15.5 Å². The molecule has 3 heterocycles. The Morgan fingerprint density at radius 1 is 0.504 bits per heavy atom.